The standard InChI is InChI=1S/C23H22N2O6/c1-12-9-21(28)31-23-15(12)7-8-19(27)22(23)17-11-18(25(24-17)13(2)26)16-6-5-14(29-3)10-20(16)30-4/h5-10,18,27H,11H2,1-4H3. The molecule has 4 rings (SSSR count). The molecule has 0 saturated carbocycles. The smallest absolute Gasteiger partial charge is 0.336 e. The van der Waals surface area contributed by atoms with Crippen molar-refractivity contribution in [3.05, 3.63) is 63.5 Å². The van der Waals surface area contributed by atoms with Gasteiger partial charge in [0.1, 0.15) is 17.2 Å². The number of hydrogen-bond acceptors (Lipinski definition) is 7. The molecule has 1 atom stereocenters. The number of benzene rings is 2. The maximum atomic E-state index is 12.4. The first kappa shape index (κ1) is 20.5. The van der Waals surface area contributed by atoms with Crippen LogP contribution in [0.1, 0.15) is 36.1 Å². The van der Waals surface area contributed by atoms with Crippen LogP contribution in [0.4, 0.5) is 0 Å². The Kier molecular flexibility index (Phi) is 5.14. The molecule has 2 heterocycles. The molecule has 0 saturated heterocycles. The molecule has 160 valence electrons. The van der Waals surface area contributed by atoms with E-state index < -0.39 is 11.7 Å². The lowest BCUT2D eigenvalue weighted by Crippen LogP contribution is -2.24. The average molecular weight is 422 g/mol. The fourth-order valence-corrected chi connectivity index (χ4v) is 3.94. The van der Waals surface area contributed by atoms with Gasteiger partial charge in [-0.2, -0.15) is 5.10 Å². The molecule has 1 aromatic heterocycles. The molecule has 1 aliphatic heterocycles. The van der Waals surface area contributed by atoms with E-state index in [-0.39, 0.29) is 17.2 Å². The summed E-state index contributed by atoms with van der Waals surface area (Å²) >= 11 is 0. The Bertz CT molecular complexity index is 1280. The Morgan fingerprint density at radius 3 is 2.65 bits per heavy atom. The number of hydrazone groups is 1. The van der Waals surface area contributed by atoms with Crippen molar-refractivity contribution in [1.82, 2.24) is 5.01 Å². The number of phenols is 1. The Morgan fingerprint density at radius 2 is 1.97 bits per heavy atom. The molecular formula is C23H22N2O6. The van der Waals surface area contributed by atoms with Crippen LogP contribution in [0.25, 0.3) is 11.0 Å². The second-order valence-electron chi connectivity index (χ2n) is 7.32. The topological polar surface area (TPSA) is 102 Å². The van der Waals surface area contributed by atoms with Crippen LogP contribution in [0.3, 0.4) is 0 Å². The second-order valence-corrected chi connectivity index (χ2v) is 7.32. The van der Waals surface area contributed by atoms with Gasteiger partial charge in [-0.3, -0.25) is 4.79 Å². The number of nitrogens with zero attached hydrogens (tertiary/aromatic N) is 2. The predicted octanol–water partition coefficient (Wildman–Crippen LogP) is 3.52. The number of aryl methyl sites for hydroxylation is 1. The molecule has 1 amide bonds. The maximum Gasteiger partial charge on any atom is 0.336 e. The van der Waals surface area contributed by atoms with Gasteiger partial charge in [0, 0.05) is 36.4 Å². The number of carbonyl (C=O) groups is 1. The van der Waals surface area contributed by atoms with Crippen molar-refractivity contribution in [1.29, 1.82) is 0 Å². The van der Waals surface area contributed by atoms with Gasteiger partial charge in [0.25, 0.3) is 0 Å². The second kappa shape index (κ2) is 7.79. The quantitative estimate of drug-likeness (QED) is 0.646. The first-order valence-electron chi connectivity index (χ1n) is 9.70. The summed E-state index contributed by atoms with van der Waals surface area (Å²) in [5.74, 6) is 0.829. The summed E-state index contributed by atoms with van der Waals surface area (Å²) in [6.45, 7) is 3.21. The van der Waals surface area contributed by atoms with E-state index in [4.69, 9.17) is 13.9 Å². The summed E-state index contributed by atoms with van der Waals surface area (Å²) in [6, 6.07) is 9.51. The van der Waals surface area contributed by atoms with Gasteiger partial charge in [0.2, 0.25) is 5.91 Å². The van der Waals surface area contributed by atoms with Gasteiger partial charge in [0.05, 0.1) is 31.5 Å². The van der Waals surface area contributed by atoms with Gasteiger partial charge in [-0.1, -0.05) is 0 Å². The van der Waals surface area contributed by atoms with Crippen LogP contribution >= 0.6 is 0 Å². The van der Waals surface area contributed by atoms with E-state index in [1.807, 2.05) is 6.07 Å². The number of methoxy groups -OCH3 is 2. The number of fused-ring (bicyclic) bond motifs is 1. The fourth-order valence-electron chi connectivity index (χ4n) is 3.94. The first-order valence-corrected chi connectivity index (χ1v) is 9.70. The van der Waals surface area contributed by atoms with E-state index >= 15 is 0 Å². The average Bonchev–Trinajstić information content (AvgIpc) is 3.17. The molecule has 1 aliphatic rings. The van der Waals surface area contributed by atoms with Crippen molar-refractivity contribution in [2.75, 3.05) is 14.2 Å². The van der Waals surface area contributed by atoms with E-state index in [0.29, 0.717) is 34.6 Å². The third kappa shape index (κ3) is 3.50. The minimum atomic E-state index is -0.521. The molecule has 0 fully saturated rings. The highest BCUT2D eigenvalue weighted by molar-refractivity contribution is 6.13. The minimum absolute atomic E-state index is 0.0779. The molecular weight excluding hydrogens is 400 g/mol. The molecule has 2 aromatic carbocycles. The normalized spacial score (nSPS) is 15.8. The largest absolute Gasteiger partial charge is 0.507 e. The van der Waals surface area contributed by atoms with Gasteiger partial charge >= 0.3 is 5.63 Å². The molecule has 0 radical (unpaired) electrons. The summed E-state index contributed by atoms with van der Waals surface area (Å²) in [5.41, 5.74) is 1.94. The number of phenolic OH excluding ortho intramolecular Hbond substituents is 1. The van der Waals surface area contributed by atoms with E-state index in [2.05, 4.69) is 5.10 Å². The lowest BCUT2D eigenvalue weighted by molar-refractivity contribution is -0.130. The first-order chi connectivity index (χ1) is 14.8. The highest BCUT2D eigenvalue weighted by Gasteiger charge is 2.35. The van der Waals surface area contributed by atoms with E-state index in [1.165, 1.54) is 24.1 Å². The van der Waals surface area contributed by atoms with Crippen LogP contribution in [-0.4, -0.2) is 36.0 Å². The monoisotopic (exact) mass is 422 g/mol. The zero-order chi connectivity index (χ0) is 22.3. The minimum Gasteiger partial charge on any atom is -0.507 e. The summed E-state index contributed by atoms with van der Waals surface area (Å²) in [5, 5.41) is 17.2. The summed E-state index contributed by atoms with van der Waals surface area (Å²) < 4.78 is 16.2. The van der Waals surface area contributed by atoms with Crippen LogP contribution in [0.5, 0.6) is 17.2 Å². The van der Waals surface area contributed by atoms with Gasteiger partial charge in [-0.25, -0.2) is 9.80 Å². The third-order valence-corrected chi connectivity index (χ3v) is 5.42. The number of rotatable bonds is 4. The molecule has 8 nitrogen and oxygen atoms in total. The summed E-state index contributed by atoms with van der Waals surface area (Å²) in [4.78, 5) is 24.4. The van der Waals surface area contributed by atoms with E-state index in [9.17, 15) is 14.7 Å². The van der Waals surface area contributed by atoms with Crippen LogP contribution in [0.2, 0.25) is 0 Å². The van der Waals surface area contributed by atoms with Crippen LogP contribution in [-0.2, 0) is 4.79 Å². The third-order valence-electron chi connectivity index (χ3n) is 5.42. The van der Waals surface area contributed by atoms with Crippen molar-refractivity contribution >= 4 is 22.6 Å². The van der Waals surface area contributed by atoms with Crippen LogP contribution in [0, 0.1) is 6.92 Å². The van der Waals surface area contributed by atoms with Gasteiger partial charge in [0.15, 0.2) is 5.58 Å². The molecule has 0 aliphatic carbocycles. The number of aromatic hydroxyl groups is 1. The highest BCUT2D eigenvalue weighted by Crippen LogP contribution is 2.41. The van der Waals surface area contributed by atoms with Gasteiger partial charge in [-0.15, -0.1) is 0 Å². The van der Waals surface area contributed by atoms with Crippen molar-refractivity contribution in [3.8, 4) is 17.2 Å². The zero-order valence-electron chi connectivity index (χ0n) is 17.6. The number of carbonyl (C=O) groups excluding carboxylic acids is 1. The Labute approximate surface area is 178 Å². The molecule has 1 N–H and O–H groups in total. The van der Waals surface area contributed by atoms with Crippen molar-refractivity contribution < 1.29 is 23.8 Å². The molecule has 1 unspecified atom stereocenters. The molecule has 8 heteroatoms. The van der Waals surface area contributed by atoms with E-state index in [0.717, 1.165) is 11.1 Å². The summed E-state index contributed by atoms with van der Waals surface area (Å²) in [6.07, 6.45) is 0.298. The van der Waals surface area contributed by atoms with Gasteiger partial charge < -0.3 is 19.0 Å². The molecule has 0 bridgehead atoms. The Hall–Kier alpha value is -3.81. The van der Waals surface area contributed by atoms with Gasteiger partial charge in [-0.05, 0) is 36.8 Å². The van der Waals surface area contributed by atoms with Crippen LogP contribution < -0.4 is 15.1 Å². The van der Waals surface area contributed by atoms with Crippen molar-refractivity contribution in [2.24, 2.45) is 5.10 Å². The Balaban J connectivity index is 1.86. The predicted molar refractivity (Wildman–Crippen MR) is 115 cm³/mol. The molecule has 0 spiro atoms. The number of hydrogen-bond donors (Lipinski definition) is 1. The fraction of sp³-hybridized carbons (Fsp3) is 0.261. The maximum absolute atomic E-state index is 12.4. The number of ether oxygens (including phenoxy) is 2. The summed E-state index contributed by atoms with van der Waals surface area (Å²) in [7, 11) is 3.10. The molecule has 31 heavy (non-hydrogen) atoms. The Morgan fingerprint density at radius 1 is 1.19 bits per heavy atom. The molecule has 3 aromatic rings. The van der Waals surface area contributed by atoms with Crippen molar-refractivity contribution in [3.63, 3.8) is 0 Å². The lowest BCUT2D eigenvalue weighted by atomic mass is 9.95. The lowest BCUT2D eigenvalue weighted by Gasteiger charge is -2.22. The van der Waals surface area contributed by atoms with E-state index in [1.54, 1.807) is 39.3 Å². The zero-order valence-corrected chi connectivity index (χ0v) is 17.6. The van der Waals surface area contributed by atoms with Crippen LogP contribution in [0.15, 0.2) is 50.7 Å². The number of amides is 1. The highest BCUT2D eigenvalue weighted by atomic mass is 16.5. The SMILES string of the molecule is COc1ccc(C2CC(c3c(O)ccc4c(C)cc(=O)oc34)=NN2C(C)=O)c(OC)c1. The van der Waals surface area contributed by atoms with Crippen molar-refractivity contribution in [2.45, 2.75) is 26.3 Å².